The molecule has 1 aliphatic rings. The molecule has 3 heterocycles. The van der Waals surface area contributed by atoms with E-state index in [-0.39, 0.29) is 5.91 Å². The monoisotopic (exact) mass is 361 g/mol. The predicted molar refractivity (Wildman–Crippen MR) is 104 cm³/mol. The maximum Gasteiger partial charge on any atom is 0.255 e. The molecule has 0 aliphatic carbocycles. The fourth-order valence-electron chi connectivity index (χ4n) is 3.38. The van der Waals surface area contributed by atoms with Gasteiger partial charge in [-0.05, 0) is 30.2 Å². The van der Waals surface area contributed by atoms with Gasteiger partial charge in [-0.2, -0.15) is 0 Å². The fraction of sp³-hybridized carbons (Fsp3) is 0.286. The first-order chi connectivity index (χ1) is 13.2. The van der Waals surface area contributed by atoms with Gasteiger partial charge in [0.1, 0.15) is 12.1 Å². The van der Waals surface area contributed by atoms with Crippen molar-refractivity contribution in [1.29, 1.82) is 0 Å². The molecule has 1 aromatic carbocycles. The normalized spacial score (nSPS) is 15.1. The lowest BCUT2D eigenvalue weighted by Gasteiger charge is -2.35. The van der Waals surface area contributed by atoms with E-state index >= 15 is 0 Å². The van der Waals surface area contributed by atoms with Crippen molar-refractivity contribution in [3.63, 3.8) is 0 Å². The van der Waals surface area contributed by atoms with E-state index in [0.717, 1.165) is 38.5 Å². The summed E-state index contributed by atoms with van der Waals surface area (Å²) < 4.78 is 1.82. The zero-order valence-electron chi connectivity index (χ0n) is 15.5. The summed E-state index contributed by atoms with van der Waals surface area (Å²) in [5.74, 6) is 0.808. The molecule has 0 N–H and O–H groups in total. The molecule has 0 bridgehead atoms. The summed E-state index contributed by atoms with van der Waals surface area (Å²) in [5.41, 5.74) is 3.31. The molecule has 4 rings (SSSR count). The van der Waals surface area contributed by atoms with Gasteiger partial charge >= 0.3 is 0 Å². The SMILES string of the molecule is Cc1ccccc1CN1CCN(C(=O)c2ccc(-n3ccnc3)nc2)CC1. The number of carbonyl (C=O) groups excluding carboxylic acids is 1. The van der Waals surface area contributed by atoms with Crippen LogP contribution in [0.25, 0.3) is 5.82 Å². The smallest absolute Gasteiger partial charge is 0.255 e. The van der Waals surface area contributed by atoms with Crippen molar-refractivity contribution in [2.75, 3.05) is 26.2 Å². The van der Waals surface area contributed by atoms with Crippen LogP contribution in [0, 0.1) is 6.92 Å². The molecule has 0 unspecified atom stereocenters. The third kappa shape index (κ3) is 3.90. The number of hydrogen-bond donors (Lipinski definition) is 0. The summed E-state index contributed by atoms with van der Waals surface area (Å²) >= 11 is 0. The highest BCUT2D eigenvalue weighted by molar-refractivity contribution is 5.94. The van der Waals surface area contributed by atoms with Gasteiger partial charge in [0.25, 0.3) is 5.91 Å². The molecule has 0 atom stereocenters. The van der Waals surface area contributed by atoms with E-state index in [1.807, 2.05) is 27.8 Å². The van der Waals surface area contributed by atoms with Crippen molar-refractivity contribution in [1.82, 2.24) is 24.3 Å². The molecule has 27 heavy (non-hydrogen) atoms. The molecule has 1 aliphatic heterocycles. The molecule has 1 fully saturated rings. The number of hydrogen-bond acceptors (Lipinski definition) is 4. The molecular weight excluding hydrogens is 338 g/mol. The molecule has 0 radical (unpaired) electrons. The number of carbonyl (C=O) groups is 1. The first-order valence-electron chi connectivity index (χ1n) is 9.21. The fourth-order valence-corrected chi connectivity index (χ4v) is 3.38. The van der Waals surface area contributed by atoms with E-state index in [4.69, 9.17) is 0 Å². The average Bonchev–Trinajstić information content (AvgIpc) is 3.25. The van der Waals surface area contributed by atoms with Gasteiger partial charge in [-0.25, -0.2) is 9.97 Å². The highest BCUT2D eigenvalue weighted by Gasteiger charge is 2.22. The Bertz CT molecular complexity index is 897. The Kier molecular flexibility index (Phi) is 4.98. The number of rotatable bonds is 4. The number of aryl methyl sites for hydroxylation is 1. The summed E-state index contributed by atoms with van der Waals surface area (Å²) in [5, 5.41) is 0. The predicted octanol–water partition coefficient (Wildman–Crippen LogP) is 2.53. The summed E-state index contributed by atoms with van der Waals surface area (Å²) in [6.45, 7) is 6.36. The second-order valence-electron chi connectivity index (χ2n) is 6.87. The van der Waals surface area contributed by atoms with Crippen molar-refractivity contribution in [3.8, 4) is 5.82 Å². The van der Waals surface area contributed by atoms with E-state index in [1.54, 1.807) is 18.7 Å². The van der Waals surface area contributed by atoms with Gasteiger partial charge < -0.3 is 4.90 Å². The summed E-state index contributed by atoms with van der Waals surface area (Å²) in [7, 11) is 0. The minimum atomic E-state index is 0.0511. The van der Waals surface area contributed by atoms with Gasteiger partial charge in [0.05, 0.1) is 5.56 Å². The Labute approximate surface area is 159 Å². The van der Waals surface area contributed by atoms with Crippen LogP contribution in [-0.2, 0) is 6.54 Å². The van der Waals surface area contributed by atoms with E-state index in [2.05, 4.69) is 46.1 Å². The molecule has 1 saturated heterocycles. The Morgan fingerprint density at radius 2 is 1.89 bits per heavy atom. The standard InChI is InChI=1S/C21H23N5O/c1-17-4-2-3-5-19(17)15-24-10-12-25(13-11-24)21(27)18-6-7-20(23-14-18)26-9-8-22-16-26/h2-9,14,16H,10-13,15H2,1H3. The van der Waals surface area contributed by atoms with Gasteiger partial charge in [-0.15, -0.1) is 0 Å². The third-order valence-electron chi connectivity index (χ3n) is 5.08. The largest absolute Gasteiger partial charge is 0.336 e. The highest BCUT2D eigenvalue weighted by Crippen LogP contribution is 2.14. The molecule has 138 valence electrons. The number of pyridine rings is 1. The zero-order chi connectivity index (χ0) is 18.6. The van der Waals surface area contributed by atoms with Gasteiger partial charge in [-0.1, -0.05) is 24.3 Å². The molecule has 6 heteroatoms. The molecular formula is C21H23N5O. The molecule has 6 nitrogen and oxygen atoms in total. The van der Waals surface area contributed by atoms with Gasteiger partial charge in [0, 0.05) is 51.3 Å². The lowest BCUT2D eigenvalue weighted by molar-refractivity contribution is 0.0628. The minimum absolute atomic E-state index is 0.0511. The average molecular weight is 361 g/mol. The van der Waals surface area contributed by atoms with Crippen molar-refractivity contribution >= 4 is 5.91 Å². The quantitative estimate of drug-likeness (QED) is 0.717. The third-order valence-corrected chi connectivity index (χ3v) is 5.08. The van der Waals surface area contributed by atoms with E-state index in [1.165, 1.54) is 11.1 Å². The number of aromatic nitrogens is 3. The lowest BCUT2D eigenvalue weighted by Crippen LogP contribution is -2.48. The Balaban J connectivity index is 1.35. The van der Waals surface area contributed by atoms with Crippen LogP contribution < -0.4 is 0 Å². The molecule has 1 amide bonds. The van der Waals surface area contributed by atoms with Crippen LogP contribution in [0.1, 0.15) is 21.5 Å². The molecule has 2 aromatic heterocycles. The topological polar surface area (TPSA) is 54.3 Å². The Morgan fingerprint density at radius 1 is 1.07 bits per heavy atom. The maximum atomic E-state index is 12.8. The van der Waals surface area contributed by atoms with Gasteiger partial charge in [0.15, 0.2) is 0 Å². The van der Waals surface area contributed by atoms with Crippen molar-refractivity contribution in [2.24, 2.45) is 0 Å². The van der Waals surface area contributed by atoms with Crippen LogP contribution in [0.5, 0.6) is 0 Å². The Morgan fingerprint density at radius 3 is 2.56 bits per heavy atom. The number of piperazine rings is 1. The first-order valence-corrected chi connectivity index (χ1v) is 9.21. The Hall–Kier alpha value is -2.99. The second-order valence-corrected chi connectivity index (χ2v) is 6.87. The zero-order valence-corrected chi connectivity index (χ0v) is 15.5. The van der Waals surface area contributed by atoms with E-state index in [0.29, 0.717) is 5.56 Å². The summed E-state index contributed by atoms with van der Waals surface area (Å²) in [6.07, 6.45) is 6.88. The summed E-state index contributed by atoms with van der Waals surface area (Å²) in [4.78, 5) is 25.5. The second kappa shape index (κ2) is 7.72. The van der Waals surface area contributed by atoms with Gasteiger partial charge in [0.2, 0.25) is 0 Å². The number of benzene rings is 1. The molecule has 0 saturated carbocycles. The number of amides is 1. The molecule has 0 spiro atoms. The number of imidazole rings is 1. The van der Waals surface area contributed by atoms with Crippen LogP contribution in [0.15, 0.2) is 61.3 Å². The number of nitrogens with zero attached hydrogens (tertiary/aromatic N) is 5. The lowest BCUT2D eigenvalue weighted by atomic mass is 10.1. The highest BCUT2D eigenvalue weighted by atomic mass is 16.2. The van der Waals surface area contributed by atoms with Gasteiger partial charge in [-0.3, -0.25) is 14.3 Å². The minimum Gasteiger partial charge on any atom is -0.336 e. The van der Waals surface area contributed by atoms with Crippen LogP contribution in [-0.4, -0.2) is 56.4 Å². The van der Waals surface area contributed by atoms with E-state index in [9.17, 15) is 4.79 Å². The van der Waals surface area contributed by atoms with Crippen LogP contribution >= 0.6 is 0 Å². The maximum absolute atomic E-state index is 12.8. The van der Waals surface area contributed by atoms with Crippen LogP contribution in [0.3, 0.4) is 0 Å². The molecule has 3 aromatic rings. The van der Waals surface area contributed by atoms with Crippen molar-refractivity contribution in [2.45, 2.75) is 13.5 Å². The summed E-state index contributed by atoms with van der Waals surface area (Å²) in [6, 6.07) is 12.2. The van der Waals surface area contributed by atoms with Crippen LogP contribution in [0.4, 0.5) is 0 Å². The first kappa shape index (κ1) is 17.4. The van der Waals surface area contributed by atoms with Crippen LogP contribution in [0.2, 0.25) is 0 Å². The van der Waals surface area contributed by atoms with Crippen molar-refractivity contribution in [3.05, 3.63) is 78.0 Å². The van der Waals surface area contributed by atoms with Crippen molar-refractivity contribution < 1.29 is 4.79 Å². The van der Waals surface area contributed by atoms with E-state index < -0.39 is 0 Å².